The van der Waals surface area contributed by atoms with Crippen LogP contribution in [-0.4, -0.2) is 73.9 Å². The highest BCUT2D eigenvalue weighted by Crippen LogP contribution is 2.32. The van der Waals surface area contributed by atoms with Crippen molar-refractivity contribution in [2.75, 3.05) is 43.0 Å². The van der Waals surface area contributed by atoms with Gasteiger partial charge in [0, 0.05) is 55.9 Å². The van der Waals surface area contributed by atoms with Crippen molar-refractivity contribution < 1.29 is 14.7 Å². The third kappa shape index (κ3) is 5.97. The number of aliphatic hydroxyl groups excluding tert-OH is 1. The molecule has 0 amide bonds. The van der Waals surface area contributed by atoms with Gasteiger partial charge in [-0.15, -0.1) is 0 Å². The summed E-state index contributed by atoms with van der Waals surface area (Å²) in [5, 5.41) is 12.9. The standard InChI is InChI=1S/C33H37N7O4/c1-21-27-18-35-33(37-31(27)40(25-5-3-4-6-25)32(44)30(21)22(2)42)36-29-12-11-26(17-34-29)39-15-13-38(14-16-39)19-23-7-9-24(10-8-23)28(43)20-41/h7-12,17-18,25,41H,3-6,13-16,19-20H2,1-2H3,(H,34,35,36,37). The van der Waals surface area contributed by atoms with Crippen molar-refractivity contribution in [2.45, 2.75) is 52.1 Å². The van der Waals surface area contributed by atoms with E-state index in [0.29, 0.717) is 33.9 Å². The Morgan fingerprint density at radius 1 is 0.977 bits per heavy atom. The Morgan fingerprint density at radius 2 is 1.70 bits per heavy atom. The lowest BCUT2D eigenvalue weighted by molar-refractivity contribution is 0.0903. The van der Waals surface area contributed by atoms with Crippen LogP contribution >= 0.6 is 0 Å². The van der Waals surface area contributed by atoms with Gasteiger partial charge in [0.05, 0.1) is 17.4 Å². The minimum Gasteiger partial charge on any atom is -0.388 e. The summed E-state index contributed by atoms with van der Waals surface area (Å²) in [5.74, 6) is 0.440. The van der Waals surface area contributed by atoms with Crippen molar-refractivity contribution in [1.29, 1.82) is 0 Å². The summed E-state index contributed by atoms with van der Waals surface area (Å²) >= 11 is 0. The Kier molecular flexibility index (Phi) is 8.49. The quantitative estimate of drug-likeness (QED) is 0.273. The molecule has 0 radical (unpaired) electrons. The number of nitrogens with zero attached hydrogens (tertiary/aromatic N) is 6. The lowest BCUT2D eigenvalue weighted by atomic mass is 10.0. The third-order valence-electron chi connectivity index (χ3n) is 8.80. The van der Waals surface area contributed by atoms with Crippen molar-refractivity contribution in [3.8, 4) is 0 Å². The molecular formula is C33H37N7O4. The van der Waals surface area contributed by atoms with Crippen molar-refractivity contribution in [3.05, 3.63) is 81.4 Å². The summed E-state index contributed by atoms with van der Waals surface area (Å²) in [4.78, 5) is 56.1. The van der Waals surface area contributed by atoms with Gasteiger partial charge in [-0.2, -0.15) is 4.98 Å². The van der Waals surface area contributed by atoms with Gasteiger partial charge in [-0.25, -0.2) is 9.97 Å². The second kappa shape index (κ2) is 12.6. The fraction of sp³-hybridized carbons (Fsp3) is 0.394. The van der Waals surface area contributed by atoms with Crippen LogP contribution in [0.2, 0.25) is 0 Å². The van der Waals surface area contributed by atoms with Crippen LogP contribution in [0.4, 0.5) is 17.5 Å². The van der Waals surface area contributed by atoms with Gasteiger partial charge in [0.25, 0.3) is 5.56 Å². The van der Waals surface area contributed by atoms with Crippen LogP contribution in [0.3, 0.4) is 0 Å². The number of benzene rings is 1. The van der Waals surface area contributed by atoms with E-state index in [4.69, 9.17) is 10.1 Å². The number of pyridine rings is 2. The van der Waals surface area contributed by atoms with E-state index in [0.717, 1.165) is 69.7 Å². The maximum atomic E-state index is 13.5. The Hall–Kier alpha value is -4.48. The first kappa shape index (κ1) is 29.6. The highest BCUT2D eigenvalue weighted by atomic mass is 16.3. The largest absolute Gasteiger partial charge is 0.388 e. The van der Waals surface area contributed by atoms with Crippen molar-refractivity contribution in [3.63, 3.8) is 0 Å². The summed E-state index contributed by atoms with van der Waals surface area (Å²) in [5.41, 5.74) is 3.81. The summed E-state index contributed by atoms with van der Waals surface area (Å²) in [7, 11) is 0. The van der Waals surface area contributed by atoms with Crippen LogP contribution in [0.5, 0.6) is 0 Å². The molecule has 3 aromatic heterocycles. The Labute approximate surface area is 255 Å². The van der Waals surface area contributed by atoms with E-state index in [1.807, 2.05) is 30.5 Å². The van der Waals surface area contributed by atoms with Crippen LogP contribution in [0, 0.1) is 6.92 Å². The fourth-order valence-electron chi connectivity index (χ4n) is 6.38. The predicted octanol–water partition coefficient (Wildman–Crippen LogP) is 4.05. The Balaban J connectivity index is 1.13. The van der Waals surface area contributed by atoms with E-state index in [9.17, 15) is 14.4 Å². The zero-order valence-electron chi connectivity index (χ0n) is 25.1. The number of aliphatic hydroxyl groups is 1. The summed E-state index contributed by atoms with van der Waals surface area (Å²) < 4.78 is 1.71. The number of aryl methyl sites for hydroxylation is 1. The van der Waals surface area contributed by atoms with Gasteiger partial charge >= 0.3 is 0 Å². The lowest BCUT2D eigenvalue weighted by Gasteiger charge is -2.36. The van der Waals surface area contributed by atoms with Gasteiger partial charge < -0.3 is 15.3 Å². The first-order valence-electron chi connectivity index (χ1n) is 15.2. The Bertz CT molecular complexity index is 1740. The van der Waals surface area contributed by atoms with Gasteiger partial charge in [0.2, 0.25) is 5.95 Å². The molecule has 44 heavy (non-hydrogen) atoms. The van der Waals surface area contributed by atoms with Crippen molar-refractivity contribution >= 4 is 40.1 Å². The molecule has 0 atom stereocenters. The molecule has 1 aliphatic carbocycles. The highest BCUT2D eigenvalue weighted by molar-refractivity contribution is 5.99. The van der Waals surface area contributed by atoms with Gasteiger partial charge in [-0.3, -0.25) is 23.9 Å². The minimum absolute atomic E-state index is 0.0208. The molecule has 4 heterocycles. The molecule has 2 fully saturated rings. The number of anilines is 3. The summed E-state index contributed by atoms with van der Waals surface area (Å²) in [6.45, 7) is 7.08. The zero-order chi connectivity index (χ0) is 30.8. The van der Waals surface area contributed by atoms with Gasteiger partial charge in [0.1, 0.15) is 18.1 Å². The van der Waals surface area contributed by atoms with Crippen LogP contribution in [0.1, 0.15) is 70.5 Å². The second-order valence-corrected chi connectivity index (χ2v) is 11.7. The molecule has 0 bridgehead atoms. The van der Waals surface area contributed by atoms with Crippen molar-refractivity contribution in [1.82, 2.24) is 24.4 Å². The normalized spacial score (nSPS) is 16.0. The summed E-state index contributed by atoms with van der Waals surface area (Å²) in [6.07, 6.45) is 7.40. The fourth-order valence-corrected chi connectivity index (χ4v) is 6.38. The number of nitrogens with one attached hydrogen (secondary N) is 1. The number of rotatable bonds is 9. The van der Waals surface area contributed by atoms with Crippen molar-refractivity contribution in [2.24, 2.45) is 0 Å². The topological polar surface area (TPSA) is 134 Å². The van der Waals surface area contributed by atoms with Gasteiger partial charge in [-0.05, 0) is 49.9 Å². The number of carbonyl (C=O) groups is 2. The van der Waals surface area contributed by atoms with Crippen LogP contribution in [0.15, 0.2) is 53.6 Å². The molecule has 1 saturated heterocycles. The van der Waals surface area contributed by atoms with Crippen LogP contribution < -0.4 is 15.8 Å². The third-order valence-corrected chi connectivity index (χ3v) is 8.80. The van der Waals surface area contributed by atoms with E-state index >= 15 is 0 Å². The molecule has 2 aliphatic rings. The first-order valence-corrected chi connectivity index (χ1v) is 15.2. The number of ketones is 2. The predicted molar refractivity (Wildman–Crippen MR) is 169 cm³/mol. The molecule has 2 N–H and O–H groups in total. The molecule has 228 valence electrons. The number of fused-ring (bicyclic) bond motifs is 1. The van der Waals surface area contributed by atoms with Gasteiger partial charge in [-0.1, -0.05) is 37.1 Å². The molecule has 1 aromatic carbocycles. The number of carbonyl (C=O) groups excluding carboxylic acids is 2. The monoisotopic (exact) mass is 595 g/mol. The smallest absolute Gasteiger partial charge is 0.263 e. The van der Waals surface area contributed by atoms with E-state index in [1.165, 1.54) is 6.92 Å². The Morgan fingerprint density at radius 3 is 2.34 bits per heavy atom. The first-order chi connectivity index (χ1) is 21.3. The average Bonchev–Trinajstić information content (AvgIpc) is 3.56. The SMILES string of the molecule is CC(=O)c1c(C)c2cnc(Nc3ccc(N4CCN(Cc5ccc(C(=O)CO)cc5)CC4)cn3)nc2n(C2CCCC2)c1=O. The van der Waals surface area contributed by atoms with E-state index in [2.05, 4.69) is 25.1 Å². The number of piperazine rings is 1. The zero-order valence-corrected chi connectivity index (χ0v) is 25.1. The van der Waals surface area contributed by atoms with E-state index in [-0.39, 0.29) is 28.7 Å². The molecule has 6 rings (SSSR count). The molecular weight excluding hydrogens is 558 g/mol. The maximum absolute atomic E-state index is 13.5. The maximum Gasteiger partial charge on any atom is 0.263 e. The lowest BCUT2D eigenvalue weighted by Crippen LogP contribution is -2.46. The van der Waals surface area contributed by atoms with Gasteiger partial charge in [0.15, 0.2) is 11.6 Å². The molecule has 11 nitrogen and oxygen atoms in total. The number of aromatic nitrogens is 4. The summed E-state index contributed by atoms with van der Waals surface area (Å²) in [6, 6.07) is 11.4. The highest BCUT2D eigenvalue weighted by Gasteiger charge is 2.26. The second-order valence-electron chi connectivity index (χ2n) is 11.7. The molecule has 0 spiro atoms. The minimum atomic E-state index is -0.474. The molecule has 11 heteroatoms. The molecule has 4 aromatic rings. The molecule has 1 aliphatic heterocycles. The van der Waals surface area contributed by atoms with E-state index in [1.54, 1.807) is 29.8 Å². The van der Waals surface area contributed by atoms with E-state index < -0.39 is 6.61 Å². The number of Topliss-reactive ketones (excluding diaryl/α,β-unsaturated/α-hetero) is 2. The molecule has 0 unspecified atom stereocenters. The number of hydrogen-bond donors (Lipinski definition) is 2. The molecule has 1 saturated carbocycles. The van der Waals surface area contributed by atoms with Crippen LogP contribution in [-0.2, 0) is 6.54 Å². The number of hydrogen-bond acceptors (Lipinski definition) is 10. The van der Waals surface area contributed by atoms with Crippen LogP contribution in [0.25, 0.3) is 11.0 Å². The average molecular weight is 596 g/mol.